The van der Waals surface area contributed by atoms with E-state index in [-0.39, 0.29) is 6.61 Å². The topological polar surface area (TPSA) is 75.6 Å². The summed E-state index contributed by atoms with van der Waals surface area (Å²) < 4.78 is 5.13. The van der Waals surface area contributed by atoms with Crippen LogP contribution in [0, 0.1) is 0 Å². The van der Waals surface area contributed by atoms with Crippen molar-refractivity contribution in [1.82, 2.24) is 5.32 Å². The van der Waals surface area contributed by atoms with E-state index in [1.54, 1.807) is 12.1 Å². The number of nitrogens with one attached hydrogen (secondary N) is 1. The molecule has 0 saturated heterocycles. The number of ether oxygens (including phenoxy) is 1. The molecule has 5 nitrogen and oxygen atoms in total. The second-order valence-corrected chi connectivity index (χ2v) is 5.88. The number of hydrogen-bond donors (Lipinski definition) is 2. The summed E-state index contributed by atoms with van der Waals surface area (Å²) in [6, 6.07) is 15.5. The van der Waals surface area contributed by atoms with E-state index in [1.807, 2.05) is 42.5 Å². The molecule has 1 saturated carbocycles. The summed E-state index contributed by atoms with van der Waals surface area (Å²) in [5.41, 5.74) is 2.47. The third-order valence-electron chi connectivity index (χ3n) is 4.05. The highest BCUT2D eigenvalue weighted by Crippen LogP contribution is 2.42. The van der Waals surface area contributed by atoms with Gasteiger partial charge in [-0.15, -0.1) is 0 Å². The largest absolute Gasteiger partial charge is 0.479 e. The number of carboxylic acids is 1. The summed E-state index contributed by atoms with van der Waals surface area (Å²) in [7, 11) is 0. The molecule has 0 radical (unpaired) electrons. The molecule has 2 aromatic carbocycles. The summed E-state index contributed by atoms with van der Waals surface area (Å²) in [6.07, 6.45) is 1.38. The molecule has 0 aliphatic heterocycles. The molecule has 1 aliphatic carbocycles. The molecule has 1 fully saturated rings. The smallest absolute Gasteiger partial charge is 0.408 e. The van der Waals surface area contributed by atoms with Gasteiger partial charge in [0.2, 0.25) is 0 Å². The van der Waals surface area contributed by atoms with Gasteiger partial charge in [-0.3, -0.25) is 0 Å². The van der Waals surface area contributed by atoms with Crippen molar-refractivity contribution in [1.29, 1.82) is 0 Å². The lowest BCUT2D eigenvalue weighted by Crippen LogP contribution is -2.34. The van der Waals surface area contributed by atoms with Crippen LogP contribution in [0.15, 0.2) is 54.6 Å². The predicted octanol–water partition coefficient (Wildman–Crippen LogP) is 3.62. The van der Waals surface area contributed by atoms with E-state index in [4.69, 9.17) is 4.74 Å². The molecule has 0 heterocycles. The lowest BCUT2D eigenvalue weighted by Gasteiger charge is -2.18. The molecule has 124 valence electrons. The molecule has 1 atom stereocenters. The van der Waals surface area contributed by atoms with E-state index in [0.717, 1.165) is 24.0 Å². The number of carbonyl (C=O) groups excluding carboxylic acids is 1. The summed E-state index contributed by atoms with van der Waals surface area (Å²) in [5.74, 6) is -0.704. The second-order valence-electron chi connectivity index (χ2n) is 5.88. The Morgan fingerprint density at radius 1 is 1.08 bits per heavy atom. The number of alkyl carbamates (subject to hydrolysis) is 1. The number of carboxylic acid groups (broad SMARTS) is 1. The predicted molar refractivity (Wildman–Crippen MR) is 88.6 cm³/mol. The fraction of sp³-hybridized carbons (Fsp3) is 0.263. The Hall–Kier alpha value is -2.82. The van der Waals surface area contributed by atoms with Crippen molar-refractivity contribution in [2.75, 3.05) is 0 Å². The highest BCUT2D eigenvalue weighted by molar-refractivity contribution is 5.82. The molecule has 2 aromatic rings. The highest BCUT2D eigenvalue weighted by atomic mass is 16.5. The van der Waals surface area contributed by atoms with Gasteiger partial charge in [0.15, 0.2) is 6.04 Å². The molecule has 5 heteroatoms. The first-order valence-electron chi connectivity index (χ1n) is 7.94. The van der Waals surface area contributed by atoms with Gasteiger partial charge in [-0.05, 0) is 35.4 Å². The molecular formula is C19H19NO4. The lowest BCUT2D eigenvalue weighted by atomic mass is 9.97. The van der Waals surface area contributed by atoms with E-state index in [1.165, 1.54) is 0 Å². The van der Waals surface area contributed by atoms with Crippen LogP contribution in [0.4, 0.5) is 4.79 Å². The van der Waals surface area contributed by atoms with Crippen LogP contribution in [0.5, 0.6) is 0 Å². The maximum absolute atomic E-state index is 12.0. The van der Waals surface area contributed by atoms with Crippen molar-refractivity contribution in [2.24, 2.45) is 0 Å². The Balaban J connectivity index is 1.68. The quantitative estimate of drug-likeness (QED) is 0.850. The molecule has 0 spiro atoms. The van der Waals surface area contributed by atoms with Gasteiger partial charge in [0.1, 0.15) is 6.61 Å². The molecule has 24 heavy (non-hydrogen) atoms. The average Bonchev–Trinajstić information content (AvgIpc) is 3.43. The molecule has 0 aromatic heterocycles. The fourth-order valence-electron chi connectivity index (χ4n) is 2.70. The number of carbonyl (C=O) groups is 2. The second kappa shape index (κ2) is 7.17. The van der Waals surface area contributed by atoms with Crippen LogP contribution in [0.1, 0.15) is 41.5 Å². The van der Waals surface area contributed by atoms with Crippen molar-refractivity contribution >= 4 is 12.1 Å². The van der Waals surface area contributed by atoms with Crippen molar-refractivity contribution in [3.63, 3.8) is 0 Å². The first-order valence-corrected chi connectivity index (χ1v) is 7.94. The third-order valence-corrected chi connectivity index (χ3v) is 4.05. The van der Waals surface area contributed by atoms with Gasteiger partial charge in [-0.1, -0.05) is 54.6 Å². The summed E-state index contributed by atoms with van der Waals surface area (Å²) in [4.78, 5) is 23.6. The summed E-state index contributed by atoms with van der Waals surface area (Å²) in [6.45, 7) is 0.100. The minimum atomic E-state index is -1.11. The van der Waals surface area contributed by atoms with Crippen LogP contribution >= 0.6 is 0 Å². The lowest BCUT2D eigenvalue weighted by molar-refractivity contribution is -0.139. The SMILES string of the molecule is O=C(NC(C(=O)O)c1ccccc1C1CC1)OCc1ccccc1. The minimum Gasteiger partial charge on any atom is -0.479 e. The van der Waals surface area contributed by atoms with E-state index in [9.17, 15) is 14.7 Å². The Morgan fingerprint density at radius 3 is 2.42 bits per heavy atom. The maximum Gasteiger partial charge on any atom is 0.408 e. The third kappa shape index (κ3) is 3.93. The normalized spacial score (nSPS) is 14.7. The van der Waals surface area contributed by atoms with Gasteiger partial charge in [0.25, 0.3) is 0 Å². The standard InChI is InChI=1S/C19H19NO4/c21-18(22)17(16-9-5-4-8-15(16)14-10-11-14)20-19(23)24-12-13-6-2-1-3-7-13/h1-9,14,17H,10-12H2,(H,20,23)(H,21,22). The van der Waals surface area contributed by atoms with E-state index in [0.29, 0.717) is 11.5 Å². The van der Waals surface area contributed by atoms with Crippen LogP contribution in [0.25, 0.3) is 0 Å². The van der Waals surface area contributed by atoms with E-state index >= 15 is 0 Å². The monoisotopic (exact) mass is 325 g/mol. The molecule has 3 rings (SSSR count). The van der Waals surface area contributed by atoms with Gasteiger partial charge in [-0.2, -0.15) is 0 Å². The first kappa shape index (κ1) is 16.1. The number of benzene rings is 2. The Morgan fingerprint density at radius 2 is 1.75 bits per heavy atom. The van der Waals surface area contributed by atoms with Gasteiger partial charge >= 0.3 is 12.1 Å². The Kier molecular flexibility index (Phi) is 4.79. The van der Waals surface area contributed by atoms with Crippen molar-refractivity contribution in [3.8, 4) is 0 Å². The van der Waals surface area contributed by atoms with Gasteiger partial charge in [-0.25, -0.2) is 9.59 Å². The molecule has 2 N–H and O–H groups in total. The van der Waals surface area contributed by atoms with E-state index in [2.05, 4.69) is 5.32 Å². The molecule has 1 aliphatic rings. The zero-order chi connectivity index (χ0) is 16.9. The van der Waals surface area contributed by atoms with E-state index < -0.39 is 18.1 Å². The number of amides is 1. The Bertz CT molecular complexity index is 725. The van der Waals surface area contributed by atoms with Gasteiger partial charge in [0.05, 0.1) is 0 Å². The van der Waals surface area contributed by atoms with Crippen LogP contribution < -0.4 is 5.32 Å². The maximum atomic E-state index is 12.0. The van der Waals surface area contributed by atoms with Gasteiger partial charge in [0, 0.05) is 0 Å². The zero-order valence-corrected chi connectivity index (χ0v) is 13.1. The summed E-state index contributed by atoms with van der Waals surface area (Å²) >= 11 is 0. The first-order chi connectivity index (χ1) is 11.6. The van der Waals surface area contributed by atoms with Crippen molar-refractivity contribution in [3.05, 3.63) is 71.3 Å². The molecule has 1 unspecified atom stereocenters. The van der Waals surface area contributed by atoms with Gasteiger partial charge < -0.3 is 15.2 Å². The van der Waals surface area contributed by atoms with Crippen LogP contribution in [-0.2, 0) is 16.1 Å². The molecular weight excluding hydrogens is 306 g/mol. The highest BCUT2D eigenvalue weighted by Gasteiger charge is 2.31. The Labute approximate surface area is 140 Å². The fourth-order valence-corrected chi connectivity index (χ4v) is 2.70. The van der Waals surface area contributed by atoms with Crippen molar-refractivity contribution in [2.45, 2.75) is 31.4 Å². The zero-order valence-electron chi connectivity index (χ0n) is 13.1. The average molecular weight is 325 g/mol. The number of aliphatic carboxylic acids is 1. The molecule has 0 bridgehead atoms. The van der Waals surface area contributed by atoms with Crippen LogP contribution in [-0.4, -0.2) is 17.2 Å². The molecule has 1 amide bonds. The number of rotatable bonds is 6. The minimum absolute atomic E-state index is 0.100. The van der Waals surface area contributed by atoms with Crippen molar-refractivity contribution < 1.29 is 19.4 Å². The number of hydrogen-bond acceptors (Lipinski definition) is 3. The summed E-state index contributed by atoms with van der Waals surface area (Å²) in [5, 5.41) is 12.0. The van der Waals surface area contributed by atoms with Crippen LogP contribution in [0.2, 0.25) is 0 Å². The van der Waals surface area contributed by atoms with Crippen LogP contribution in [0.3, 0.4) is 0 Å².